The van der Waals surface area contributed by atoms with Gasteiger partial charge >= 0.3 is 5.97 Å². The van der Waals surface area contributed by atoms with Crippen molar-refractivity contribution in [3.05, 3.63) is 36.0 Å². The number of benzene rings is 1. The van der Waals surface area contributed by atoms with Crippen LogP contribution in [0.3, 0.4) is 0 Å². The highest BCUT2D eigenvalue weighted by Crippen LogP contribution is 2.21. The van der Waals surface area contributed by atoms with E-state index in [4.69, 9.17) is 9.84 Å². The molecule has 1 aromatic carbocycles. The fourth-order valence-electron chi connectivity index (χ4n) is 1.51. The molecule has 0 radical (unpaired) electrons. The number of aromatic nitrogens is 1. The van der Waals surface area contributed by atoms with Gasteiger partial charge in [0, 0.05) is 22.7 Å². The smallest absolute Gasteiger partial charge is 0.328 e. The van der Waals surface area contributed by atoms with Crippen molar-refractivity contribution in [2.45, 2.75) is 0 Å². The minimum Gasteiger partial charge on any atom is -0.497 e. The fraction of sp³-hybridized carbons (Fsp3) is 0.0833. The van der Waals surface area contributed by atoms with E-state index < -0.39 is 5.97 Å². The summed E-state index contributed by atoms with van der Waals surface area (Å²) in [5, 5.41) is 9.50. The number of fused-ring (bicyclic) bond motifs is 1. The summed E-state index contributed by atoms with van der Waals surface area (Å²) in [7, 11) is 1.61. The van der Waals surface area contributed by atoms with Crippen molar-refractivity contribution in [2.24, 2.45) is 0 Å². The number of rotatable bonds is 3. The van der Waals surface area contributed by atoms with Crippen LogP contribution in [-0.4, -0.2) is 23.2 Å². The normalized spacial score (nSPS) is 11.1. The molecule has 1 aromatic heterocycles. The summed E-state index contributed by atoms with van der Waals surface area (Å²) < 4.78 is 5.10. The van der Waals surface area contributed by atoms with Crippen LogP contribution in [0.2, 0.25) is 0 Å². The van der Waals surface area contributed by atoms with Crippen LogP contribution in [0.25, 0.3) is 17.0 Å². The third-order valence-corrected chi connectivity index (χ3v) is 2.25. The van der Waals surface area contributed by atoms with Crippen LogP contribution >= 0.6 is 0 Å². The number of hydrogen-bond acceptors (Lipinski definition) is 2. The Balaban J connectivity index is 2.40. The molecule has 2 N–H and O–H groups in total. The molecule has 0 saturated heterocycles. The van der Waals surface area contributed by atoms with Crippen molar-refractivity contribution in [1.82, 2.24) is 4.98 Å². The van der Waals surface area contributed by atoms with Crippen molar-refractivity contribution >= 4 is 22.9 Å². The molecular formula is C12H11NO3. The molecule has 0 atom stereocenters. The minimum absolute atomic E-state index is 0.755. The van der Waals surface area contributed by atoms with E-state index in [1.54, 1.807) is 7.11 Å². The Hall–Kier alpha value is -2.23. The average Bonchev–Trinajstić information content (AvgIpc) is 2.67. The van der Waals surface area contributed by atoms with Crippen LogP contribution in [0.4, 0.5) is 0 Å². The van der Waals surface area contributed by atoms with E-state index in [0.717, 1.165) is 28.4 Å². The van der Waals surface area contributed by atoms with Crippen LogP contribution < -0.4 is 4.74 Å². The number of hydrogen-bond donors (Lipinski definition) is 2. The number of methoxy groups -OCH3 is 1. The van der Waals surface area contributed by atoms with E-state index in [-0.39, 0.29) is 0 Å². The molecule has 0 saturated carbocycles. The molecule has 1 heterocycles. The number of aliphatic carboxylic acids is 1. The maximum absolute atomic E-state index is 10.4. The molecular weight excluding hydrogens is 206 g/mol. The predicted octanol–water partition coefficient (Wildman–Crippen LogP) is 2.27. The van der Waals surface area contributed by atoms with Crippen LogP contribution in [-0.2, 0) is 4.79 Å². The van der Waals surface area contributed by atoms with Crippen LogP contribution in [0.1, 0.15) is 5.69 Å². The SMILES string of the molecule is COc1ccc2[nH]c(/C=C/C(=O)O)cc2c1. The second kappa shape index (κ2) is 4.10. The molecule has 0 fully saturated rings. The van der Waals surface area contributed by atoms with Crippen molar-refractivity contribution in [3.63, 3.8) is 0 Å². The summed E-state index contributed by atoms with van der Waals surface area (Å²) in [6.07, 6.45) is 2.62. The summed E-state index contributed by atoms with van der Waals surface area (Å²) >= 11 is 0. The number of ether oxygens (including phenoxy) is 1. The average molecular weight is 217 g/mol. The summed E-state index contributed by atoms with van der Waals surface area (Å²) in [5.41, 5.74) is 1.71. The Morgan fingerprint density at radius 1 is 1.44 bits per heavy atom. The molecule has 0 spiro atoms. The highest BCUT2D eigenvalue weighted by atomic mass is 16.5. The van der Waals surface area contributed by atoms with E-state index in [0.29, 0.717) is 0 Å². The van der Waals surface area contributed by atoms with Gasteiger partial charge in [0.1, 0.15) is 5.75 Å². The topological polar surface area (TPSA) is 62.3 Å². The maximum Gasteiger partial charge on any atom is 0.328 e. The lowest BCUT2D eigenvalue weighted by Gasteiger charge is -1.97. The molecule has 82 valence electrons. The third-order valence-electron chi connectivity index (χ3n) is 2.25. The molecule has 0 bridgehead atoms. The zero-order valence-electron chi connectivity index (χ0n) is 8.73. The summed E-state index contributed by atoms with van der Waals surface area (Å²) in [4.78, 5) is 13.5. The van der Waals surface area contributed by atoms with E-state index in [9.17, 15) is 4.79 Å². The van der Waals surface area contributed by atoms with Crippen molar-refractivity contribution < 1.29 is 14.6 Å². The first kappa shape index (κ1) is 10.3. The second-order valence-electron chi connectivity index (χ2n) is 3.35. The summed E-state index contributed by atoms with van der Waals surface area (Å²) in [6.45, 7) is 0. The van der Waals surface area contributed by atoms with Crippen molar-refractivity contribution in [2.75, 3.05) is 7.11 Å². The van der Waals surface area contributed by atoms with Gasteiger partial charge in [0.05, 0.1) is 7.11 Å². The van der Waals surface area contributed by atoms with E-state index in [1.807, 2.05) is 24.3 Å². The second-order valence-corrected chi connectivity index (χ2v) is 3.35. The Kier molecular flexibility index (Phi) is 2.64. The van der Waals surface area contributed by atoms with Crippen molar-refractivity contribution in [1.29, 1.82) is 0 Å². The van der Waals surface area contributed by atoms with Gasteiger partial charge in [-0.1, -0.05) is 0 Å². The lowest BCUT2D eigenvalue weighted by Crippen LogP contribution is -1.85. The molecule has 0 unspecified atom stereocenters. The van der Waals surface area contributed by atoms with Gasteiger partial charge < -0.3 is 14.8 Å². The van der Waals surface area contributed by atoms with Crippen LogP contribution in [0.5, 0.6) is 5.75 Å². The quantitative estimate of drug-likeness (QED) is 0.775. The van der Waals surface area contributed by atoms with Gasteiger partial charge in [-0.25, -0.2) is 4.79 Å². The first-order valence-corrected chi connectivity index (χ1v) is 4.77. The lowest BCUT2D eigenvalue weighted by molar-refractivity contribution is -0.131. The van der Waals surface area contributed by atoms with Gasteiger partial charge in [0.25, 0.3) is 0 Å². The molecule has 16 heavy (non-hydrogen) atoms. The summed E-state index contributed by atoms with van der Waals surface area (Å²) in [6, 6.07) is 7.51. The van der Waals surface area contributed by atoms with Gasteiger partial charge in [0.15, 0.2) is 0 Å². The molecule has 0 aliphatic heterocycles. The van der Waals surface area contributed by atoms with Gasteiger partial charge in [-0.3, -0.25) is 0 Å². The summed E-state index contributed by atoms with van der Waals surface area (Å²) in [5.74, 6) is -0.184. The standard InChI is InChI=1S/C12H11NO3/c1-16-10-3-4-11-8(7-10)6-9(13-11)2-5-12(14)15/h2-7,13H,1H3,(H,14,15)/b5-2+. The molecule has 0 aliphatic rings. The number of aromatic amines is 1. The monoisotopic (exact) mass is 217 g/mol. The van der Waals surface area contributed by atoms with Crippen LogP contribution in [0.15, 0.2) is 30.3 Å². The lowest BCUT2D eigenvalue weighted by atomic mass is 10.2. The maximum atomic E-state index is 10.4. The number of nitrogens with one attached hydrogen (secondary N) is 1. The zero-order chi connectivity index (χ0) is 11.5. The van der Waals surface area contributed by atoms with Gasteiger partial charge in [-0.15, -0.1) is 0 Å². The van der Waals surface area contributed by atoms with E-state index in [2.05, 4.69) is 4.98 Å². The molecule has 2 aromatic rings. The van der Waals surface area contributed by atoms with Gasteiger partial charge in [-0.2, -0.15) is 0 Å². The predicted molar refractivity (Wildman–Crippen MR) is 61.5 cm³/mol. The largest absolute Gasteiger partial charge is 0.497 e. The van der Waals surface area contributed by atoms with Crippen LogP contribution in [0, 0.1) is 0 Å². The number of carboxylic acid groups (broad SMARTS) is 1. The highest BCUT2D eigenvalue weighted by Gasteiger charge is 2.00. The number of H-pyrrole nitrogens is 1. The van der Waals surface area contributed by atoms with Gasteiger partial charge in [0.2, 0.25) is 0 Å². The molecule has 2 rings (SSSR count). The Labute approximate surface area is 92.2 Å². The Bertz CT molecular complexity index is 554. The number of carbonyl (C=O) groups is 1. The van der Waals surface area contributed by atoms with E-state index >= 15 is 0 Å². The van der Waals surface area contributed by atoms with Crippen molar-refractivity contribution in [3.8, 4) is 5.75 Å². The zero-order valence-corrected chi connectivity index (χ0v) is 8.73. The first-order valence-electron chi connectivity index (χ1n) is 4.77. The molecule has 4 heteroatoms. The Morgan fingerprint density at radius 2 is 2.25 bits per heavy atom. The highest BCUT2D eigenvalue weighted by molar-refractivity contribution is 5.88. The van der Waals surface area contributed by atoms with E-state index in [1.165, 1.54) is 6.08 Å². The first-order chi connectivity index (χ1) is 7.69. The Morgan fingerprint density at radius 3 is 2.94 bits per heavy atom. The van der Waals surface area contributed by atoms with Gasteiger partial charge in [-0.05, 0) is 30.3 Å². The minimum atomic E-state index is -0.962. The molecule has 0 amide bonds. The number of carboxylic acids is 1. The third kappa shape index (κ3) is 2.06. The molecule has 0 aliphatic carbocycles. The fourth-order valence-corrected chi connectivity index (χ4v) is 1.51. The molecule has 4 nitrogen and oxygen atoms in total.